The molecule has 1 aliphatic rings. The molecule has 0 fully saturated rings. The van der Waals surface area contributed by atoms with E-state index in [2.05, 4.69) is 10.2 Å². The molecule has 2 heterocycles. The number of aryl methyl sites for hydroxylation is 1. The van der Waals surface area contributed by atoms with Crippen LogP contribution in [0.3, 0.4) is 0 Å². The van der Waals surface area contributed by atoms with Gasteiger partial charge in [0, 0.05) is 13.0 Å². The third-order valence-corrected chi connectivity index (χ3v) is 3.11. The molecule has 0 saturated carbocycles. The molecule has 0 saturated heterocycles. The normalized spacial score (nSPS) is 20.5. The van der Waals surface area contributed by atoms with Crippen molar-refractivity contribution in [1.82, 2.24) is 14.8 Å². The van der Waals surface area contributed by atoms with Crippen LogP contribution in [0.25, 0.3) is 0 Å². The summed E-state index contributed by atoms with van der Waals surface area (Å²) in [5.41, 5.74) is 0. The lowest BCUT2D eigenvalue weighted by Crippen LogP contribution is -2.26. The fourth-order valence-corrected chi connectivity index (χ4v) is 2.18. The maximum atomic E-state index is 10.8. The summed E-state index contributed by atoms with van der Waals surface area (Å²) in [4.78, 5) is 10.8. The lowest BCUT2D eigenvalue weighted by atomic mass is 10.00. The number of carboxylic acid groups (broad SMARTS) is 1. The third kappa shape index (κ3) is 1.50. The SMILES string of the molecule is CSc1nnc2n1CC(C(=O)O)CC2. The summed E-state index contributed by atoms with van der Waals surface area (Å²) in [6, 6.07) is 0. The summed E-state index contributed by atoms with van der Waals surface area (Å²) in [6.45, 7) is 0.508. The lowest BCUT2D eigenvalue weighted by molar-refractivity contribution is -0.142. The molecule has 5 nitrogen and oxygen atoms in total. The zero-order valence-electron chi connectivity index (χ0n) is 7.80. The Bertz CT molecular complexity index is 350. The predicted octanol–water partition coefficient (Wildman–Crippen LogP) is 0.647. The van der Waals surface area contributed by atoms with Crippen LogP contribution >= 0.6 is 11.8 Å². The average Bonchev–Trinajstić information content (AvgIpc) is 2.59. The second-order valence-corrected chi connectivity index (χ2v) is 4.06. The molecular formula is C8H11N3O2S. The van der Waals surface area contributed by atoms with E-state index in [1.807, 2.05) is 10.8 Å². The molecule has 1 N–H and O–H groups in total. The number of thioether (sulfide) groups is 1. The van der Waals surface area contributed by atoms with Gasteiger partial charge in [0.1, 0.15) is 5.82 Å². The Morgan fingerprint density at radius 2 is 2.43 bits per heavy atom. The first-order valence-corrected chi connectivity index (χ1v) is 5.63. The van der Waals surface area contributed by atoms with Crippen LogP contribution in [-0.4, -0.2) is 32.1 Å². The van der Waals surface area contributed by atoms with Crippen LogP contribution in [0.5, 0.6) is 0 Å². The van der Waals surface area contributed by atoms with E-state index in [1.165, 1.54) is 11.8 Å². The topological polar surface area (TPSA) is 68.0 Å². The minimum atomic E-state index is -0.726. The van der Waals surface area contributed by atoms with Crippen LogP contribution in [0.2, 0.25) is 0 Å². The Labute approximate surface area is 85.5 Å². The summed E-state index contributed by atoms with van der Waals surface area (Å²) in [7, 11) is 0. The first-order chi connectivity index (χ1) is 6.72. The van der Waals surface area contributed by atoms with Gasteiger partial charge >= 0.3 is 5.97 Å². The number of aromatic nitrogens is 3. The van der Waals surface area contributed by atoms with Crippen LogP contribution < -0.4 is 0 Å². The van der Waals surface area contributed by atoms with Crippen LogP contribution in [0.4, 0.5) is 0 Å². The number of fused-ring (bicyclic) bond motifs is 1. The number of hydrogen-bond acceptors (Lipinski definition) is 4. The van der Waals surface area contributed by atoms with Gasteiger partial charge < -0.3 is 9.67 Å². The first-order valence-electron chi connectivity index (χ1n) is 4.41. The average molecular weight is 213 g/mol. The van der Waals surface area contributed by atoms with Crippen LogP contribution in [0, 0.1) is 5.92 Å². The quantitative estimate of drug-likeness (QED) is 0.730. The molecule has 0 aromatic carbocycles. The minimum absolute atomic E-state index is 0.288. The van der Waals surface area contributed by atoms with Gasteiger partial charge in [-0.25, -0.2) is 0 Å². The van der Waals surface area contributed by atoms with Gasteiger partial charge in [0.05, 0.1) is 5.92 Å². The molecule has 76 valence electrons. The molecule has 0 bridgehead atoms. The summed E-state index contributed by atoms with van der Waals surface area (Å²) in [5.74, 6) is -0.104. The lowest BCUT2D eigenvalue weighted by Gasteiger charge is -2.20. The molecule has 0 amide bonds. The number of aliphatic carboxylic acids is 1. The second-order valence-electron chi connectivity index (χ2n) is 3.29. The monoisotopic (exact) mass is 213 g/mol. The Hall–Kier alpha value is -1.04. The van der Waals surface area contributed by atoms with Crippen LogP contribution in [0.15, 0.2) is 5.16 Å². The maximum absolute atomic E-state index is 10.8. The van der Waals surface area contributed by atoms with Gasteiger partial charge in [-0.1, -0.05) is 11.8 Å². The fourth-order valence-electron chi connectivity index (χ4n) is 1.65. The van der Waals surface area contributed by atoms with Gasteiger partial charge in [-0.05, 0) is 12.7 Å². The van der Waals surface area contributed by atoms with Crippen molar-refractivity contribution in [2.45, 2.75) is 24.5 Å². The molecule has 0 spiro atoms. The van der Waals surface area contributed by atoms with Gasteiger partial charge in [-0.3, -0.25) is 4.79 Å². The van der Waals surface area contributed by atoms with Crippen molar-refractivity contribution in [2.24, 2.45) is 5.92 Å². The molecule has 1 aliphatic heterocycles. The highest BCUT2D eigenvalue weighted by atomic mass is 32.2. The highest BCUT2D eigenvalue weighted by molar-refractivity contribution is 7.98. The minimum Gasteiger partial charge on any atom is -0.481 e. The van der Waals surface area contributed by atoms with Crippen LogP contribution in [-0.2, 0) is 17.8 Å². The molecule has 1 aromatic heterocycles. The smallest absolute Gasteiger partial charge is 0.308 e. The van der Waals surface area contributed by atoms with Crippen molar-refractivity contribution >= 4 is 17.7 Å². The number of nitrogens with zero attached hydrogens (tertiary/aromatic N) is 3. The van der Waals surface area contributed by atoms with Gasteiger partial charge in [0.25, 0.3) is 0 Å². The fraction of sp³-hybridized carbons (Fsp3) is 0.625. The largest absolute Gasteiger partial charge is 0.481 e. The van der Waals surface area contributed by atoms with E-state index in [9.17, 15) is 4.79 Å². The molecule has 0 aliphatic carbocycles. The van der Waals surface area contributed by atoms with Gasteiger partial charge in [-0.15, -0.1) is 10.2 Å². The zero-order chi connectivity index (χ0) is 10.1. The molecule has 1 atom stereocenters. The standard InChI is InChI=1S/C8H11N3O2S/c1-14-8-10-9-6-3-2-5(7(12)13)4-11(6)8/h5H,2-4H2,1H3,(H,12,13). The molecule has 2 rings (SSSR count). The van der Waals surface area contributed by atoms with Crippen molar-refractivity contribution in [3.8, 4) is 0 Å². The van der Waals surface area contributed by atoms with Crippen LogP contribution in [0.1, 0.15) is 12.2 Å². The molecule has 1 unspecified atom stereocenters. The first kappa shape index (κ1) is 9.51. The van der Waals surface area contributed by atoms with E-state index in [0.717, 1.165) is 11.0 Å². The van der Waals surface area contributed by atoms with Crippen molar-refractivity contribution in [2.75, 3.05) is 6.26 Å². The Morgan fingerprint density at radius 1 is 1.64 bits per heavy atom. The van der Waals surface area contributed by atoms with E-state index in [-0.39, 0.29) is 5.92 Å². The zero-order valence-corrected chi connectivity index (χ0v) is 8.62. The number of rotatable bonds is 2. The van der Waals surface area contributed by atoms with E-state index in [1.54, 1.807) is 0 Å². The summed E-state index contributed by atoms with van der Waals surface area (Å²) >= 11 is 1.50. The Balaban J connectivity index is 2.27. The molecule has 6 heteroatoms. The molecular weight excluding hydrogens is 202 g/mol. The third-order valence-electron chi connectivity index (χ3n) is 2.44. The van der Waals surface area contributed by atoms with E-state index < -0.39 is 5.97 Å². The molecule has 1 aromatic rings. The summed E-state index contributed by atoms with van der Waals surface area (Å²) in [5, 5.41) is 17.7. The Morgan fingerprint density at radius 3 is 3.07 bits per heavy atom. The maximum Gasteiger partial charge on any atom is 0.308 e. The van der Waals surface area contributed by atoms with Crippen molar-refractivity contribution in [1.29, 1.82) is 0 Å². The molecule has 0 radical (unpaired) electrons. The second kappa shape index (κ2) is 3.61. The number of hydrogen-bond donors (Lipinski definition) is 1. The van der Waals surface area contributed by atoms with Crippen molar-refractivity contribution in [3.05, 3.63) is 5.82 Å². The Kier molecular flexibility index (Phi) is 2.45. The highest BCUT2D eigenvalue weighted by Crippen LogP contribution is 2.23. The summed E-state index contributed by atoms with van der Waals surface area (Å²) < 4.78 is 1.91. The van der Waals surface area contributed by atoms with Crippen molar-refractivity contribution in [3.63, 3.8) is 0 Å². The van der Waals surface area contributed by atoms with E-state index in [0.29, 0.717) is 19.4 Å². The number of carboxylic acids is 1. The molecule has 14 heavy (non-hydrogen) atoms. The predicted molar refractivity (Wildman–Crippen MR) is 51.2 cm³/mol. The highest BCUT2D eigenvalue weighted by Gasteiger charge is 2.26. The van der Waals surface area contributed by atoms with E-state index in [4.69, 9.17) is 5.11 Å². The summed E-state index contributed by atoms with van der Waals surface area (Å²) in [6.07, 6.45) is 3.30. The van der Waals surface area contributed by atoms with Gasteiger partial charge in [0.15, 0.2) is 5.16 Å². The van der Waals surface area contributed by atoms with E-state index >= 15 is 0 Å². The van der Waals surface area contributed by atoms with Gasteiger partial charge in [0.2, 0.25) is 0 Å². The number of carbonyl (C=O) groups is 1. The van der Waals surface area contributed by atoms with Gasteiger partial charge in [-0.2, -0.15) is 0 Å². The van der Waals surface area contributed by atoms with Crippen molar-refractivity contribution < 1.29 is 9.90 Å².